The Hall–Kier alpha value is -3.14. The van der Waals surface area contributed by atoms with E-state index in [0.29, 0.717) is 25.2 Å². The number of fused-ring (bicyclic) bond motifs is 2. The van der Waals surface area contributed by atoms with Gasteiger partial charge in [0.25, 0.3) is 0 Å². The molecule has 1 saturated heterocycles. The lowest BCUT2D eigenvalue weighted by Gasteiger charge is -2.38. The number of carbonyl (C=O) groups is 2. The highest BCUT2D eigenvalue weighted by molar-refractivity contribution is 7.17. The zero-order valence-electron chi connectivity index (χ0n) is 26.0. The van der Waals surface area contributed by atoms with Gasteiger partial charge < -0.3 is 20.1 Å². The number of nitrogens with zero attached hydrogens (tertiary/aromatic N) is 3. The van der Waals surface area contributed by atoms with Crippen molar-refractivity contribution >= 4 is 44.7 Å². The monoisotopic (exact) mass is 606 g/mol. The molecule has 0 radical (unpaired) electrons. The van der Waals surface area contributed by atoms with Crippen LogP contribution in [-0.2, 0) is 19.7 Å². The Morgan fingerprint density at radius 3 is 2.60 bits per heavy atom. The van der Waals surface area contributed by atoms with Crippen molar-refractivity contribution < 1.29 is 19.1 Å². The Kier molecular flexibility index (Phi) is 9.94. The van der Waals surface area contributed by atoms with Crippen LogP contribution < -0.4 is 20.3 Å². The number of esters is 1. The fourth-order valence-electron chi connectivity index (χ4n) is 6.17. The molecule has 2 N–H and O–H groups in total. The molecule has 1 unspecified atom stereocenters. The summed E-state index contributed by atoms with van der Waals surface area (Å²) in [6.45, 7) is 13.9. The third kappa shape index (κ3) is 7.51. The van der Waals surface area contributed by atoms with Crippen LogP contribution in [0.1, 0.15) is 58.9 Å². The molecule has 0 bridgehead atoms. The predicted molar refractivity (Wildman–Crippen MR) is 175 cm³/mol. The molecular formula is C34H46N4O4S. The van der Waals surface area contributed by atoms with Crippen LogP contribution in [0.2, 0.25) is 0 Å². The first-order valence-corrected chi connectivity index (χ1v) is 16.4. The topological polar surface area (TPSA) is 88.3 Å². The van der Waals surface area contributed by atoms with Crippen LogP contribution >= 0.6 is 11.3 Å². The van der Waals surface area contributed by atoms with Crippen molar-refractivity contribution in [2.24, 2.45) is 11.7 Å². The molecular weight excluding hydrogens is 560 g/mol. The summed E-state index contributed by atoms with van der Waals surface area (Å²) in [5.74, 6) is 0.435. The van der Waals surface area contributed by atoms with E-state index in [0.717, 1.165) is 56.8 Å². The van der Waals surface area contributed by atoms with Gasteiger partial charge in [-0.3, -0.25) is 19.4 Å². The fraction of sp³-hybridized carbons (Fsp3) is 0.529. The summed E-state index contributed by atoms with van der Waals surface area (Å²) in [5, 5.41) is 3.54. The van der Waals surface area contributed by atoms with E-state index in [4.69, 9.17) is 15.2 Å². The van der Waals surface area contributed by atoms with Crippen LogP contribution in [0.4, 0.5) is 11.4 Å². The van der Waals surface area contributed by atoms with E-state index in [2.05, 4.69) is 53.3 Å². The van der Waals surface area contributed by atoms with Crippen molar-refractivity contribution in [3.05, 3.63) is 53.4 Å². The molecule has 0 saturated carbocycles. The first kappa shape index (κ1) is 31.3. The van der Waals surface area contributed by atoms with Crippen LogP contribution in [0, 0.1) is 5.92 Å². The van der Waals surface area contributed by atoms with Gasteiger partial charge in [0.1, 0.15) is 11.8 Å². The predicted octanol–water partition coefficient (Wildman–Crippen LogP) is 5.77. The number of piperazine rings is 1. The number of ether oxygens (including phenoxy) is 2. The molecule has 8 nitrogen and oxygen atoms in total. The number of amides is 1. The summed E-state index contributed by atoms with van der Waals surface area (Å²) in [6, 6.07) is 14.1. The van der Waals surface area contributed by atoms with Crippen molar-refractivity contribution in [1.29, 1.82) is 0 Å². The fourth-order valence-corrected chi connectivity index (χ4v) is 6.98. The second-order valence-electron chi connectivity index (χ2n) is 12.9. The van der Waals surface area contributed by atoms with Crippen molar-refractivity contribution in [3.8, 4) is 5.75 Å². The van der Waals surface area contributed by atoms with Gasteiger partial charge in [-0.05, 0) is 66.9 Å². The largest absolute Gasteiger partial charge is 0.494 e. The van der Waals surface area contributed by atoms with Crippen LogP contribution in [0.25, 0.3) is 10.1 Å². The number of hydrogen-bond donors (Lipinski definition) is 1. The molecule has 9 heteroatoms. The van der Waals surface area contributed by atoms with Gasteiger partial charge in [-0.25, -0.2) is 0 Å². The summed E-state index contributed by atoms with van der Waals surface area (Å²) in [7, 11) is 0. The first-order valence-electron chi connectivity index (χ1n) is 15.6. The van der Waals surface area contributed by atoms with Crippen LogP contribution in [-0.4, -0.2) is 68.9 Å². The first-order chi connectivity index (χ1) is 20.6. The number of benzene rings is 2. The van der Waals surface area contributed by atoms with Crippen LogP contribution in [0.15, 0.2) is 47.8 Å². The van der Waals surface area contributed by atoms with Crippen molar-refractivity contribution in [2.45, 2.75) is 64.8 Å². The van der Waals surface area contributed by atoms with Crippen molar-refractivity contribution in [2.75, 3.05) is 55.9 Å². The molecule has 3 heterocycles. The Morgan fingerprint density at radius 2 is 1.84 bits per heavy atom. The van der Waals surface area contributed by atoms with Gasteiger partial charge in [-0.15, -0.1) is 11.3 Å². The van der Waals surface area contributed by atoms with Gasteiger partial charge in [0, 0.05) is 59.9 Å². The Morgan fingerprint density at radius 1 is 1.05 bits per heavy atom. The molecule has 1 fully saturated rings. The molecule has 2 aromatic carbocycles. The maximum atomic E-state index is 13.1. The Bertz CT molecular complexity index is 1410. The van der Waals surface area contributed by atoms with E-state index in [1.54, 1.807) is 16.2 Å². The number of carbonyl (C=O) groups excluding carboxylic acids is 2. The lowest BCUT2D eigenvalue weighted by molar-refractivity contribution is -0.146. The van der Waals surface area contributed by atoms with Crippen LogP contribution in [0.3, 0.4) is 0 Å². The molecule has 0 aliphatic carbocycles. The number of rotatable bonds is 12. The number of hydrogen-bond acceptors (Lipinski definition) is 8. The molecule has 5 rings (SSSR count). The average molecular weight is 607 g/mol. The second kappa shape index (κ2) is 13.7. The highest BCUT2D eigenvalue weighted by Gasteiger charge is 2.37. The van der Waals surface area contributed by atoms with Crippen molar-refractivity contribution in [1.82, 2.24) is 4.90 Å². The number of thiophene rings is 1. The Labute approximate surface area is 259 Å². The van der Waals surface area contributed by atoms with Crippen molar-refractivity contribution in [3.63, 3.8) is 0 Å². The van der Waals surface area contributed by atoms with E-state index in [1.165, 1.54) is 15.8 Å². The SMILES string of the molecule is CC(C)CC(N)C(=O)OCN1C(=O)CC(C)(C)c2ccc(OCCCCN3CCN(c4cccc5sccc45)CC3)cc21. The number of nitrogens with two attached hydrogens (primary N) is 1. The summed E-state index contributed by atoms with van der Waals surface area (Å²) in [5.41, 5.74) is 8.81. The highest BCUT2D eigenvalue weighted by atomic mass is 32.1. The third-order valence-electron chi connectivity index (χ3n) is 8.57. The average Bonchev–Trinajstić information content (AvgIpc) is 3.46. The van der Waals surface area contributed by atoms with Gasteiger partial charge in [0.2, 0.25) is 5.91 Å². The molecule has 1 atom stereocenters. The van der Waals surface area contributed by atoms with Gasteiger partial charge in [0.05, 0.1) is 12.3 Å². The maximum Gasteiger partial charge on any atom is 0.324 e. The van der Waals surface area contributed by atoms with Gasteiger partial charge >= 0.3 is 5.97 Å². The molecule has 2 aliphatic rings. The number of unbranched alkanes of at least 4 members (excludes halogenated alkanes) is 1. The van der Waals surface area contributed by atoms with E-state index in [1.807, 2.05) is 32.0 Å². The third-order valence-corrected chi connectivity index (χ3v) is 9.45. The van der Waals surface area contributed by atoms with E-state index in [9.17, 15) is 9.59 Å². The lowest BCUT2D eigenvalue weighted by Crippen LogP contribution is -2.46. The molecule has 3 aromatic rings. The Balaban J connectivity index is 1.10. The number of anilines is 2. The molecule has 232 valence electrons. The highest BCUT2D eigenvalue weighted by Crippen LogP contribution is 2.42. The molecule has 1 amide bonds. The molecule has 2 aliphatic heterocycles. The molecule has 0 spiro atoms. The maximum absolute atomic E-state index is 13.1. The minimum atomic E-state index is -0.699. The molecule has 43 heavy (non-hydrogen) atoms. The zero-order valence-corrected chi connectivity index (χ0v) is 26.8. The quantitative estimate of drug-likeness (QED) is 0.207. The summed E-state index contributed by atoms with van der Waals surface area (Å²) < 4.78 is 13.0. The molecule has 1 aromatic heterocycles. The summed E-state index contributed by atoms with van der Waals surface area (Å²) >= 11 is 1.80. The zero-order chi connectivity index (χ0) is 30.6. The normalized spacial score (nSPS) is 17.8. The smallest absolute Gasteiger partial charge is 0.324 e. The standard InChI is InChI=1S/C34H46N4O4S/c1-24(2)20-28(35)33(40)42-23-38-30-21-25(10-11-27(30)34(3,4)22-32(38)39)41-18-6-5-13-36-14-16-37(17-15-36)29-8-7-9-31-26(29)12-19-43-31/h7-12,19,21,24,28H,5-6,13-18,20,22-23,35H2,1-4H3. The summed E-state index contributed by atoms with van der Waals surface area (Å²) in [6.07, 6.45) is 2.89. The van der Waals surface area contributed by atoms with Gasteiger partial charge in [-0.2, -0.15) is 0 Å². The minimum Gasteiger partial charge on any atom is -0.494 e. The second-order valence-corrected chi connectivity index (χ2v) is 13.8. The van der Waals surface area contributed by atoms with Gasteiger partial charge in [0.15, 0.2) is 6.73 Å². The van der Waals surface area contributed by atoms with Crippen LogP contribution in [0.5, 0.6) is 5.75 Å². The lowest BCUT2D eigenvalue weighted by atomic mass is 9.77. The van der Waals surface area contributed by atoms with E-state index >= 15 is 0 Å². The van der Waals surface area contributed by atoms with E-state index < -0.39 is 12.0 Å². The van der Waals surface area contributed by atoms with Gasteiger partial charge in [-0.1, -0.05) is 39.8 Å². The van der Waals surface area contributed by atoms with E-state index in [-0.39, 0.29) is 24.0 Å². The minimum absolute atomic E-state index is 0.0769. The summed E-state index contributed by atoms with van der Waals surface area (Å²) in [4.78, 5) is 32.2.